The van der Waals surface area contributed by atoms with Gasteiger partial charge in [0, 0.05) is 36.2 Å². The quantitative estimate of drug-likeness (QED) is 0.779. The van der Waals surface area contributed by atoms with Crippen molar-refractivity contribution in [3.8, 4) is 5.75 Å². The molecule has 2 aromatic rings. The van der Waals surface area contributed by atoms with Crippen molar-refractivity contribution in [3.05, 3.63) is 51.8 Å². The Bertz CT molecular complexity index is 708. The zero-order valence-corrected chi connectivity index (χ0v) is 14.3. The van der Waals surface area contributed by atoms with Crippen LogP contribution in [0.4, 0.5) is 5.69 Å². The minimum atomic E-state index is -0.292. The first-order valence-corrected chi connectivity index (χ1v) is 7.74. The molecule has 1 aromatic carbocycles. The predicted molar refractivity (Wildman–Crippen MR) is 92.8 cm³/mol. The van der Waals surface area contributed by atoms with Crippen molar-refractivity contribution in [2.24, 2.45) is 0 Å². The van der Waals surface area contributed by atoms with E-state index in [0.717, 1.165) is 11.3 Å². The van der Waals surface area contributed by atoms with Crippen molar-refractivity contribution in [2.75, 3.05) is 25.5 Å². The van der Waals surface area contributed by atoms with Crippen LogP contribution in [0.25, 0.3) is 0 Å². The largest absolute Gasteiger partial charge is 0.494 e. The maximum absolute atomic E-state index is 12.3. The molecule has 0 spiro atoms. The molecule has 1 heterocycles. The lowest BCUT2D eigenvalue weighted by Gasteiger charge is -2.12. The van der Waals surface area contributed by atoms with Crippen LogP contribution in [-0.2, 0) is 0 Å². The van der Waals surface area contributed by atoms with E-state index >= 15 is 0 Å². The summed E-state index contributed by atoms with van der Waals surface area (Å²) in [6, 6.07) is 4.95. The van der Waals surface area contributed by atoms with Gasteiger partial charge >= 0.3 is 0 Å². The van der Waals surface area contributed by atoms with E-state index in [9.17, 15) is 4.79 Å². The Hall–Kier alpha value is -1.98. The van der Waals surface area contributed by atoms with Crippen LogP contribution in [0.2, 0.25) is 10.0 Å². The normalized spacial score (nSPS) is 10.3. The number of pyridine rings is 1. The van der Waals surface area contributed by atoms with Crippen molar-refractivity contribution in [1.29, 1.82) is 0 Å². The van der Waals surface area contributed by atoms with Crippen LogP contribution in [0.3, 0.4) is 0 Å². The highest BCUT2D eigenvalue weighted by Gasteiger charge is 2.16. The molecule has 0 radical (unpaired) electrons. The Labute approximate surface area is 145 Å². The molecule has 5 nitrogen and oxygen atoms in total. The van der Waals surface area contributed by atoms with Gasteiger partial charge in [0.25, 0.3) is 5.91 Å². The van der Waals surface area contributed by atoms with E-state index in [0.29, 0.717) is 34.4 Å². The molecular formula is C16H17Cl2N3O2. The van der Waals surface area contributed by atoms with Gasteiger partial charge < -0.3 is 15.4 Å². The van der Waals surface area contributed by atoms with Gasteiger partial charge in [0.15, 0.2) is 0 Å². The molecule has 122 valence electrons. The van der Waals surface area contributed by atoms with Crippen LogP contribution in [0.1, 0.15) is 15.9 Å². The molecule has 0 aliphatic heterocycles. The zero-order chi connectivity index (χ0) is 16.8. The molecule has 0 aliphatic rings. The third-order valence-corrected chi connectivity index (χ3v) is 3.70. The van der Waals surface area contributed by atoms with Crippen LogP contribution in [-0.4, -0.2) is 31.1 Å². The van der Waals surface area contributed by atoms with Crippen molar-refractivity contribution in [1.82, 2.24) is 10.3 Å². The second kappa shape index (κ2) is 8.04. The Morgan fingerprint density at radius 1 is 1.30 bits per heavy atom. The number of rotatable bonds is 6. The number of ether oxygens (including phenoxy) is 1. The van der Waals surface area contributed by atoms with E-state index in [1.807, 2.05) is 13.0 Å². The van der Waals surface area contributed by atoms with Gasteiger partial charge in [-0.25, -0.2) is 0 Å². The van der Waals surface area contributed by atoms with Gasteiger partial charge in [-0.2, -0.15) is 0 Å². The number of carbonyl (C=O) groups excluding carboxylic acids is 1. The first kappa shape index (κ1) is 17.4. The molecule has 1 amide bonds. The minimum absolute atomic E-state index is 0.292. The lowest BCUT2D eigenvalue weighted by Crippen LogP contribution is -2.29. The molecule has 1 aromatic heterocycles. The number of amides is 1. The van der Waals surface area contributed by atoms with Gasteiger partial charge in [-0.05, 0) is 30.7 Å². The van der Waals surface area contributed by atoms with E-state index in [4.69, 9.17) is 27.9 Å². The SMILES string of the molecule is COc1c(Cl)cc(Cl)cc1C(=O)NCCNc1ccncc1C. The third-order valence-electron chi connectivity index (χ3n) is 3.20. The Morgan fingerprint density at radius 2 is 2.09 bits per heavy atom. The molecule has 0 fully saturated rings. The van der Waals surface area contributed by atoms with Crippen LogP contribution in [0.5, 0.6) is 5.75 Å². The van der Waals surface area contributed by atoms with Gasteiger partial charge in [-0.15, -0.1) is 0 Å². The van der Waals surface area contributed by atoms with E-state index in [-0.39, 0.29) is 5.91 Å². The number of carbonyl (C=O) groups is 1. The third kappa shape index (κ3) is 4.50. The van der Waals surface area contributed by atoms with E-state index < -0.39 is 0 Å². The summed E-state index contributed by atoms with van der Waals surface area (Å²) in [7, 11) is 1.46. The van der Waals surface area contributed by atoms with Crippen LogP contribution < -0.4 is 15.4 Å². The highest BCUT2D eigenvalue weighted by atomic mass is 35.5. The average Bonchev–Trinajstić information content (AvgIpc) is 2.52. The van der Waals surface area contributed by atoms with Crippen molar-refractivity contribution >= 4 is 34.8 Å². The second-order valence-corrected chi connectivity index (χ2v) is 5.69. The lowest BCUT2D eigenvalue weighted by molar-refractivity contribution is 0.0952. The van der Waals surface area contributed by atoms with Crippen molar-refractivity contribution in [3.63, 3.8) is 0 Å². The molecule has 0 aliphatic carbocycles. The average molecular weight is 354 g/mol. The van der Waals surface area contributed by atoms with Gasteiger partial charge in [-0.1, -0.05) is 23.2 Å². The first-order valence-electron chi connectivity index (χ1n) is 6.98. The number of nitrogens with one attached hydrogen (secondary N) is 2. The number of hydrogen-bond donors (Lipinski definition) is 2. The molecule has 0 unspecified atom stereocenters. The highest BCUT2D eigenvalue weighted by Crippen LogP contribution is 2.32. The van der Waals surface area contributed by atoms with Gasteiger partial charge in [-0.3, -0.25) is 9.78 Å². The maximum Gasteiger partial charge on any atom is 0.255 e. The molecule has 0 saturated heterocycles. The van der Waals surface area contributed by atoms with Crippen LogP contribution in [0.15, 0.2) is 30.6 Å². The number of benzene rings is 1. The second-order valence-electron chi connectivity index (χ2n) is 4.84. The zero-order valence-electron chi connectivity index (χ0n) is 12.8. The Kier molecular flexibility index (Phi) is 6.07. The first-order chi connectivity index (χ1) is 11.0. The summed E-state index contributed by atoms with van der Waals surface area (Å²) in [5, 5.41) is 6.72. The number of methoxy groups -OCH3 is 1. The van der Waals surface area contributed by atoms with Crippen LogP contribution in [0, 0.1) is 6.92 Å². The minimum Gasteiger partial charge on any atom is -0.494 e. The molecule has 7 heteroatoms. The Morgan fingerprint density at radius 3 is 2.78 bits per heavy atom. The van der Waals surface area contributed by atoms with Crippen LogP contribution >= 0.6 is 23.2 Å². The summed E-state index contributed by atoms with van der Waals surface area (Å²) < 4.78 is 5.17. The standard InChI is InChI=1S/C16H17Cl2N3O2/c1-10-9-19-4-3-14(10)20-5-6-21-16(22)12-7-11(17)8-13(18)15(12)23-2/h3-4,7-9H,5-6H2,1-2H3,(H,19,20)(H,21,22). The molecule has 0 atom stereocenters. The number of aromatic nitrogens is 1. The molecule has 0 bridgehead atoms. The predicted octanol–water partition coefficient (Wildman–Crippen LogP) is 3.55. The van der Waals surface area contributed by atoms with Crippen molar-refractivity contribution in [2.45, 2.75) is 6.92 Å². The molecule has 0 saturated carbocycles. The van der Waals surface area contributed by atoms with E-state index in [2.05, 4.69) is 15.6 Å². The van der Waals surface area contributed by atoms with Gasteiger partial charge in [0.1, 0.15) is 5.75 Å². The smallest absolute Gasteiger partial charge is 0.255 e. The van der Waals surface area contributed by atoms with Crippen molar-refractivity contribution < 1.29 is 9.53 Å². The number of anilines is 1. The summed E-state index contributed by atoms with van der Waals surface area (Å²) in [6.45, 7) is 2.98. The topological polar surface area (TPSA) is 63.2 Å². The summed E-state index contributed by atoms with van der Waals surface area (Å²) in [5.74, 6) is 0.0194. The Balaban J connectivity index is 1.94. The number of aryl methyl sites for hydroxylation is 1. The summed E-state index contributed by atoms with van der Waals surface area (Å²) in [4.78, 5) is 16.3. The van der Waals surface area contributed by atoms with Gasteiger partial charge in [0.05, 0.1) is 17.7 Å². The number of nitrogens with zero attached hydrogens (tertiary/aromatic N) is 1. The fraction of sp³-hybridized carbons (Fsp3) is 0.250. The highest BCUT2D eigenvalue weighted by molar-refractivity contribution is 6.36. The maximum atomic E-state index is 12.3. The van der Waals surface area contributed by atoms with E-state index in [1.165, 1.54) is 19.2 Å². The number of halogens is 2. The molecule has 2 N–H and O–H groups in total. The summed E-state index contributed by atoms with van der Waals surface area (Å²) in [6.07, 6.45) is 3.49. The molecule has 2 rings (SSSR count). The monoisotopic (exact) mass is 353 g/mol. The number of hydrogen-bond acceptors (Lipinski definition) is 4. The lowest BCUT2D eigenvalue weighted by atomic mass is 10.2. The summed E-state index contributed by atoms with van der Waals surface area (Å²) in [5.41, 5.74) is 2.34. The summed E-state index contributed by atoms with van der Waals surface area (Å²) >= 11 is 12.0. The molecule has 23 heavy (non-hydrogen) atoms. The van der Waals surface area contributed by atoms with E-state index in [1.54, 1.807) is 12.4 Å². The van der Waals surface area contributed by atoms with Gasteiger partial charge in [0.2, 0.25) is 0 Å². The fourth-order valence-electron chi connectivity index (χ4n) is 2.08. The fourth-order valence-corrected chi connectivity index (χ4v) is 2.65. The molecular weight excluding hydrogens is 337 g/mol.